The summed E-state index contributed by atoms with van der Waals surface area (Å²) in [7, 11) is 0. The fraction of sp³-hybridized carbons (Fsp3) is 0.227. The highest BCUT2D eigenvalue weighted by molar-refractivity contribution is 5.77. The number of nitrogens with zero attached hydrogens (tertiary/aromatic N) is 1. The summed E-state index contributed by atoms with van der Waals surface area (Å²) in [5, 5.41) is 2.92. The summed E-state index contributed by atoms with van der Waals surface area (Å²) in [6.07, 6.45) is 0.752. The van der Waals surface area contributed by atoms with Crippen LogP contribution in [0.5, 0.6) is 0 Å². The first-order valence-corrected chi connectivity index (χ1v) is 9.26. The number of aromatic amines is 1. The van der Waals surface area contributed by atoms with Crippen molar-refractivity contribution < 1.29 is 4.79 Å². The summed E-state index contributed by atoms with van der Waals surface area (Å²) < 4.78 is 0. The molecule has 0 bridgehead atoms. The molecule has 0 saturated heterocycles. The lowest BCUT2D eigenvalue weighted by Crippen LogP contribution is -2.28. The van der Waals surface area contributed by atoms with Gasteiger partial charge in [-0.05, 0) is 23.6 Å². The Morgan fingerprint density at radius 1 is 1.14 bits per heavy atom. The van der Waals surface area contributed by atoms with Crippen LogP contribution in [0.2, 0.25) is 0 Å². The molecule has 0 aliphatic rings. The smallest absolute Gasteiger partial charge is 0.252 e. The van der Waals surface area contributed by atoms with E-state index in [9.17, 15) is 9.59 Å². The number of aromatic nitrogens is 2. The van der Waals surface area contributed by atoms with Gasteiger partial charge in [-0.3, -0.25) is 9.59 Å². The van der Waals surface area contributed by atoms with E-state index < -0.39 is 0 Å². The Hall–Kier alpha value is -3.41. The van der Waals surface area contributed by atoms with Crippen molar-refractivity contribution in [1.82, 2.24) is 15.3 Å². The van der Waals surface area contributed by atoms with Crippen molar-refractivity contribution in [2.75, 3.05) is 12.3 Å². The molecule has 4 N–H and O–H groups in total. The lowest BCUT2D eigenvalue weighted by Gasteiger charge is -2.20. The molecule has 0 aliphatic carbocycles. The zero-order valence-electron chi connectivity index (χ0n) is 15.8. The van der Waals surface area contributed by atoms with Crippen LogP contribution >= 0.6 is 0 Å². The number of anilines is 1. The van der Waals surface area contributed by atoms with E-state index in [1.54, 1.807) is 0 Å². The van der Waals surface area contributed by atoms with E-state index in [0.29, 0.717) is 25.2 Å². The van der Waals surface area contributed by atoms with E-state index in [1.165, 1.54) is 6.07 Å². The number of hydrogen-bond acceptors (Lipinski definition) is 4. The zero-order chi connectivity index (χ0) is 19.9. The molecule has 28 heavy (non-hydrogen) atoms. The molecule has 0 spiro atoms. The Morgan fingerprint density at radius 2 is 1.86 bits per heavy atom. The quantitative estimate of drug-likeness (QED) is 0.590. The number of H-pyrrole nitrogens is 1. The second-order valence-electron chi connectivity index (χ2n) is 6.74. The first-order valence-electron chi connectivity index (χ1n) is 9.26. The predicted octanol–water partition coefficient (Wildman–Crippen LogP) is 2.54. The van der Waals surface area contributed by atoms with Gasteiger partial charge in [0, 0.05) is 31.4 Å². The third kappa shape index (κ3) is 5.07. The number of nitrogens with one attached hydrogen (secondary N) is 2. The molecule has 3 aromatic rings. The topological polar surface area (TPSA) is 101 Å². The van der Waals surface area contributed by atoms with Crippen molar-refractivity contribution in [3.8, 4) is 0 Å². The fourth-order valence-electron chi connectivity index (χ4n) is 3.30. The third-order valence-electron chi connectivity index (χ3n) is 4.65. The van der Waals surface area contributed by atoms with Gasteiger partial charge in [0.15, 0.2) is 0 Å². The number of carbonyl (C=O) groups excluding carboxylic acids is 1. The minimum absolute atomic E-state index is 0.0206. The van der Waals surface area contributed by atoms with Crippen LogP contribution in [0.3, 0.4) is 0 Å². The Balaban J connectivity index is 1.68. The molecule has 0 fully saturated rings. The summed E-state index contributed by atoms with van der Waals surface area (Å²) in [4.78, 5) is 30.7. The van der Waals surface area contributed by atoms with Gasteiger partial charge in [-0.1, -0.05) is 54.6 Å². The normalized spacial score (nSPS) is 11.8. The molecular weight excluding hydrogens is 352 g/mol. The van der Waals surface area contributed by atoms with E-state index in [-0.39, 0.29) is 23.2 Å². The van der Waals surface area contributed by atoms with Crippen LogP contribution in [-0.2, 0) is 11.2 Å². The van der Waals surface area contributed by atoms with Crippen LogP contribution in [0.4, 0.5) is 5.82 Å². The van der Waals surface area contributed by atoms with Crippen LogP contribution in [0, 0.1) is 6.92 Å². The maximum atomic E-state index is 12.6. The van der Waals surface area contributed by atoms with E-state index in [4.69, 9.17) is 5.73 Å². The Morgan fingerprint density at radius 3 is 2.57 bits per heavy atom. The minimum Gasteiger partial charge on any atom is -0.383 e. The number of aryl methyl sites for hydroxylation is 1. The van der Waals surface area contributed by atoms with E-state index >= 15 is 0 Å². The van der Waals surface area contributed by atoms with Crippen molar-refractivity contribution in [1.29, 1.82) is 0 Å². The zero-order valence-corrected chi connectivity index (χ0v) is 15.8. The van der Waals surface area contributed by atoms with Crippen LogP contribution < -0.4 is 16.6 Å². The monoisotopic (exact) mass is 376 g/mol. The molecule has 0 unspecified atom stereocenters. The van der Waals surface area contributed by atoms with Gasteiger partial charge in [-0.15, -0.1) is 0 Å². The second-order valence-corrected chi connectivity index (χ2v) is 6.74. The fourth-order valence-corrected chi connectivity index (χ4v) is 3.30. The van der Waals surface area contributed by atoms with Crippen molar-refractivity contribution >= 4 is 11.7 Å². The molecule has 1 heterocycles. The molecule has 6 heteroatoms. The van der Waals surface area contributed by atoms with E-state index in [2.05, 4.69) is 34.3 Å². The predicted molar refractivity (Wildman–Crippen MR) is 110 cm³/mol. The van der Waals surface area contributed by atoms with Crippen molar-refractivity contribution in [3.63, 3.8) is 0 Å². The molecule has 144 valence electrons. The van der Waals surface area contributed by atoms with Gasteiger partial charge in [-0.25, -0.2) is 4.98 Å². The number of hydrogen-bond donors (Lipinski definition) is 3. The van der Waals surface area contributed by atoms with Gasteiger partial charge in [0.05, 0.1) is 0 Å². The number of benzene rings is 2. The van der Waals surface area contributed by atoms with Gasteiger partial charge in [0.2, 0.25) is 5.91 Å². The molecule has 6 nitrogen and oxygen atoms in total. The van der Waals surface area contributed by atoms with E-state index in [1.807, 2.05) is 42.5 Å². The number of amides is 1. The van der Waals surface area contributed by atoms with E-state index in [0.717, 1.165) is 16.7 Å². The number of nitrogens with two attached hydrogens (primary N) is 1. The summed E-state index contributed by atoms with van der Waals surface area (Å²) in [5.74, 6) is 0.564. The minimum atomic E-state index is -0.294. The average Bonchev–Trinajstić information content (AvgIpc) is 2.67. The highest BCUT2D eigenvalue weighted by Crippen LogP contribution is 2.30. The lowest BCUT2D eigenvalue weighted by atomic mass is 9.86. The standard InChI is InChI=1S/C22H24N4O2/c1-15-7-5-6-10-17(15)18(16-8-3-2-4-9-16)13-21(27)24-12-11-20-25-19(23)14-22(28)26-20/h2-10,14,18H,11-13H2,1H3,(H,24,27)(H3,23,25,26,28)/t18-/m0/s1. The van der Waals surface area contributed by atoms with Gasteiger partial charge in [0.1, 0.15) is 11.6 Å². The molecule has 0 radical (unpaired) electrons. The van der Waals surface area contributed by atoms with Crippen LogP contribution in [-0.4, -0.2) is 22.4 Å². The molecule has 3 rings (SSSR count). The second kappa shape index (κ2) is 8.99. The highest BCUT2D eigenvalue weighted by Gasteiger charge is 2.19. The molecule has 1 amide bonds. The average molecular weight is 376 g/mol. The lowest BCUT2D eigenvalue weighted by molar-refractivity contribution is -0.121. The van der Waals surface area contributed by atoms with Crippen LogP contribution in [0.25, 0.3) is 0 Å². The summed E-state index contributed by atoms with van der Waals surface area (Å²) in [5.41, 5.74) is 8.69. The molecular formula is C22H24N4O2. The molecule has 0 aliphatic heterocycles. The van der Waals surface area contributed by atoms with Crippen molar-refractivity contribution in [3.05, 3.63) is 93.5 Å². The SMILES string of the molecule is Cc1ccccc1[C@@H](CC(=O)NCCc1nc(N)cc(=O)[nH]1)c1ccccc1. The summed E-state index contributed by atoms with van der Waals surface area (Å²) in [6.45, 7) is 2.44. The third-order valence-corrected chi connectivity index (χ3v) is 4.65. The van der Waals surface area contributed by atoms with Gasteiger partial charge in [-0.2, -0.15) is 0 Å². The molecule has 0 saturated carbocycles. The number of rotatable bonds is 7. The van der Waals surface area contributed by atoms with Gasteiger partial charge in [0.25, 0.3) is 5.56 Å². The van der Waals surface area contributed by atoms with Crippen LogP contribution in [0.15, 0.2) is 65.5 Å². The van der Waals surface area contributed by atoms with Gasteiger partial charge >= 0.3 is 0 Å². The maximum Gasteiger partial charge on any atom is 0.252 e. The van der Waals surface area contributed by atoms with Gasteiger partial charge < -0.3 is 16.0 Å². The summed E-state index contributed by atoms with van der Waals surface area (Å²) >= 11 is 0. The first kappa shape index (κ1) is 19.4. The molecule has 1 atom stereocenters. The Kier molecular flexibility index (Phi) is 6.22. The molecule has 2 aromatic carbocycles. The van der Waals surface area contributed by atoms with Crippen molar-refractivity contribution in [2.24, 2.45) is 0 Å². The van der Waals surface area contributed by atoms with Crippen LogP contribution in [0.1, 0.15) is 34.9 Å². The van der Waals surface area contributed by atoms with Crippen molar-refractivity contribution in [2.45, 2.75) is 25.7 Å². The number of carbonyl (C=O) groups is 1. The number of nitrogen functional groups attached to an aromatic ring is 1. The Labute approximate surface area is 163 Å². The molecule has 1 aromatic heterocycles. The highest BCUT2D eigenvalue weighted by atomic mass is 16.1. The largest absolute Gasteiger partial charge is 0.383 e. The summed E-state index contributed by atoms with van der Waals surface area (Å²) in [6, 6.07) is 19.4. The maximum absolute atomic E-state index is 12.6. The first-order chi connectivity index (χ1) is 13.5. The Bertz CT molecular complexity index is 999.